The molecule has 0 saturated carbocycles. The molecule has 3 N–H and O–H groups in total. The van der Waals surface area contributed by atoms with Gasteiger partial charge in [0.1, 0.15) is 0 Å². The zero-order valence-corrected chi connectivity index (χ0v) is 12.3. The van der Waals surface area contributed by atoms with E-state index in [1.807, 2.05) is 0 Å². The summed E-state index contributed by atoms with van der Waals surface area (Å²) < 4.78 is 0.410. The average molecular weight is 266 g/mol. The topological polar surface area (TPSA) is 36.7 Å². The summed E-state index contributed by atoms with van der Waals surface area (Å²) in [6.07, 6.45) is 1.73. The summed E-state index contributed by atoms with van der Waals surface area (Å²) in [5, 5.41) is 11.2. The van der Waals surface area contributed by atoms with Crippen molar-refractivity contribution in [2.24, 2.45) is 0 Å². The molecule has 0 heterocycles. The normalized spacial score (nSPS) is 9.56. The maximum absolute atomic E-state index is 8.34. The lowest BCUT2D eigenvalue weighted by Gasteiger charge is -2.10. The highest BCUT2D eigenvalue weighted by molar-refractivity contribution is 8.00. The van der Waals surface area contributed by atoms with Gasteiger partial charge in [-0.15, -0.1) is 0 Å². The van der Waals surface area contributed by atoms with Crippen molar-refractivity contribution in [3.8, 4) is 0 Å². The highest BCUT2D eigenvalue weighted by Gasteiger charge is 1.92. The molecule has 0 aromatic heterocycles. The van der Waals surface area contributed by atoms with Crippen molar-refractivity contribution in [3.05, 3.63) is 0 Å². The number of nitrogens with one attached hydrogen (secondary N) is 2. The molecule has 0 atom stereocenters. The third-order valence-electron chi connectivity index (χ3n) is 2.35. The van der Waals surface area contributed by atoms with E-state index in [1.54, 1.807) is 4.90 Å². The molecule has 98 valence electrons. The van der Waals surface area contributed by atoms with Crippen LogP contribution in [0.4, 0.5) is 0 Å². The van der Waals surface area contributed by atoms with Gasteiger partial charge in [-0.25, -0.2) is 0 Å². The fourth-order valence-electron chi connectivity index (χ4n) is 1.18. The maximum atomic E-state index is 8.34. The van der Waals surface area contributed by atoms with Crippen LogP contribution in [0.3, 0.4) is 0 Å². The Morgan fingerprint density at radius 2 is 1.69 bits per heavy atom. The Kier molecular flexibility index (Phi) is 17.3. The summed E-state index contributed by atoms with van der Waals surface area (Å²) in [5.41, 5.74) is 0. The lowest BCUT2D eigenvalue weighted by Crippen LogP contribution is -3.11. The van der Waals surface area contributed by atoms with E-state index in [-0.39, 0.29) is 6.61 Å². The molecule has 5 heteroatoms. The van der Waals surface area contributed by atoms with Crippen LogP contribution in [-0.4, -0.2) is 42.2 Å². The molecule has 0 saturated heterocycles. The summed E-state index contributed by atoms with van der Waals surface area (Å²) in [7, 11) is 0. The minimum Gasteiger partial charge on any atom is -0.412 e. The van der Waals surface area contributed by atoms with Crippen LogP contribution in [0.15, 0.2) is 0 Å². The molecule has 0 spiro atoms. The molecule has 0 aromatic carbocycles. The van der Waals surface area contributed by atoms with Gasteiger partial charge in [-0.3, -0.25) is 0 Å². The van der Waals surface area contributed by atoms with Crippen LogP contribution in [0.1, 0.15) is 33.6 Å². The average Bonchev–Trinajstić information content (AvgIpc) is 2.28. The molecule has 0 aliphatic rings. The van der Waals surface area contributed by atoms with Gasteiger partial charge in [-0.2, -0.15) is 0 Å². The number of unbranched alkanes of at least 4 members (excludes halogenated alkanes) is 1. The van der Waals surface area contributed by atoms with Crippen molar-refractivity contribution < 1.29 is 10.0 Å². The van der Waals surface area contributed by atoms with Crippen LogP contribution >= 0.6 is 12.2 Å². The highest BCUT2D eigenvalue weighted by atomic mass is 32.1. The predicted molar refractivity (Wildman–Crippen MR) is 76.9 cm³/mol. The number of aliphatic hydroxyl groups is 1. The Labute approximate surface area is 111 Å². The fraction of sp³-hybridized carbons (Fsp3) is 0.909. The van der Waals surface area contributed by atoms with Gasteiger partial charge in [-0.05, 0) is 33.6 Å². The number of hydrogen-bond donors (Lipinski definition) is 3. The first kappa shape index (κ1) is 18.4. The van der Waals surface area contributed by atoms with E-state index in [9.17, 15) is 0 Å². The molecule has 0 amide bonds. The van der Waals surface area contributed by atoms with E-state index in [4.69, 9.17) is 5.11 Å². The Hall–Kier alpha value is 0.0300. The second-order valence-corrected chi connectivity index (χ2v) is 4.53. The molecule has 3 nitrogen and oxygen atoms in total. The van der Waals surface area contributed by atoms with E-state index in [1.165, 1.54) is 19.6 Å². The van der Waals surface area contributed by atoms with E-state index < -0.39 is 0 Å². The standard InChI is InChI=1S/C6H15N.C5H11NOS2/c1-4-7(5-2)6-3;7-4-2-1-3-6-5(8)9/h4-6H2,1-3H3;7H,1-4H2,(H2,6,8,9). The molecule has 0 rings (SSSR count). The van der Waals surface area contributed by atoms with Crippen LogP contribution < -0.4 is 10.2 Å². The lowest BCUT2D eigenvalue weighted by molar-refractivity contribution is -0.894. The van der Waals surface area contributed by atoms with Gasteiger partial charge < -0.3 is 40.2 Å². The highest BCUT2D eigenvalue weighted by Crippen LogP contribution is 1.82. The van der Waals surface area contributed by atoms with Crippen molar-refractivity contribution >= 4 is 29.2 Å². The summed E-state index contributed by atoms with van der Waals surface area (Å²) >= 11 is 9.17. The van der Waals surface area contributed by atoms with Crippen molar-refractivity contribution in [1.82, 2.24) is 5.32 Å². The van der Waals surface area contributed by atoms with Gasteiger partial charge in [-0.1, -0.05) is 4.32 Å². The van der Waals surface area contributed by atoms with E-state index >= 15 is 0 Å². The van der Waals surface area contributed by atoms with Crippen LogP contribution in [-0.2, 0) is 12.6 Å². The van der Waals surface area contributed by atoms with Gasteiger partial charge in [0, 0.05) is 13.2 Å². The molecule has 0 bridgehead atoms. The molecule has 0 fully saturated rings. The number of aliphatic hydroxyl groups excluding tert-OH is 1. The van der Waals surface area contributed by atoms with Crippen LogP contribution in [0.25, 0.3) is 0 Å². The molecular formula is C11H26N2OS2. The lowest BCUT2D eigenvalue weighted by atomic mass is 10.3. The second kappa shape index (κ2) is 15.0. The van der Waals surface area contributed by atoms with Gasteiger partial charge >= 0.3 is 0 Å². The predicted octanol–water partition coefficient (Wildman–Crippen LogP) is 0.111. The Balaban J connectivity index is 0. The van der Waals surface area contributed by atoms with Crippen molar-refractivity contribution in [2.75, 3.05) is 32.8 Å². The van der Waals surface area contributed by atoms with Crippen LogP contribution in [0.5, 0.6) is 0 Å². The summed E-state index contributed by atoms with van der Waals surface area (Å²) in [4.78, 5) is 1.68. The smallest absolute Gasteiger partial charge is 0.0742 e. The monoisotopic (exact) mass is 266 g/mol. The van der Waals surface area contributed by atoms with Crippen molar-refractivity contribution in [2.45, 2.75) is 33.6 Å². The summed E-state index contributed by atoms with van der Waals surface area (Å²) in [6, 6.07) is 0. The summed E-state index contributed by atoms with van der Waals surface area (Å²) in [5.74, 6) is 0. The van der Waals surface area contributed by atoms with Gasteiger partial charge in [0.05, 0.1) is 19.6 Å². The van der Waals surface area contributed by atoms with Gasteiger partial charge in [0.2, 0.25) is 0 Å². The zero-order valence-electron chi connectivity index (χ0n) is 10.7. The molecule has 16 heavy (non-hydrogen) atoms. The van der Waals surface area contributed by atoms with E-state index in [2.05, 4.69) is 50.9 Å². The number of quaternary nitrogens is 1. The van der Waals surface area contributed by atoms with Crippen molar-refractivity contribution in [3.63, 3.8) is 0 Å². The molecule has 0 aliphatic carbocycles. The zero-order chi connectivity index (χ0) is 12.8. The Morgan fingerprint density at radius 3 is 1.94 bits per heavy atom. The number of thiocarbonyl (C=S) groups is 1. The second-order valence-electron chi connectivity index (χ2n) is 3.46. The molecule has 0 radical (unpaired) electrons. The first-order chi connectivity index (χ1) is 7.62. The SMILES string of the molecule is CC[NH+](CC)CC.OCCCCNC(=S)[S-]. The molecule has 0 unspecified atom stereocenters. The molecule has 0 aromatic rings. The van der Waals surface area contributed by atoms with Gasteiger partial charge in [0.25, 0.3) is 0 Å². The first-order valence-electron chi connectivity index (χ1n) is 6.01. The van der Waals surface area contributed by atoms with Gasteiger partial charge in [0.15, 0.2) is 0 Å². The third kappa shape index (κ3) is 16.5. The van der Waals surface area contributed by atoms with E-state index in [0.717, 1.165) is 19.4 Å². The largest absolute Gasteiger partial charge is 0.412 e. The summed E-state index contributed by atoms with van der Waals surface area (Å²) in [6.45, 7) is 11.5. The van der Waals surface area contributed by atoms with Crippen LogP contribution in [0.2, 0.25) is 0 Å². The molecular weight excluding hydrogens is 240 g/mol. The molecule has 0 aliphatic heterocycles. The van der Waals surface area contributed by atoms with Crippen molar-refractivity contribution in [1.29, 1.82) is 0 Å². The third-order valence-corrected chi connectivity index (χ3v) is 2.64. The quantitative estimate of drug-likeness (QED) is 0.347. The number of hydrogen-bond acceptors (Lipinski definition) is 3. The fourth-order valence-corrected chi connectivity index (χ4v) is 1.38. The first-order valence-corrected chi connectivity index (χ1v) is 6.83. The van der Waals surface area contributed by atoms with E-state index in [0.29, 0.717) is 4.32 Å². The Morgan fingerprint density at radius 1 is 1.19 bits per heavy atom. The number of rotatable bonds is 7. The maximum Gasteiger partial charge on any atom is 0.0742 e. The minimum atomic E-state index is 0.242. The minimum absolute atomic E-state index is 0.242. The Bertz CT molecular complexity index is 147. The van der Waals surface area contributed by atoms with Crippen LogP contribution in [0, 0.1) is 0 Å².